The minimum absolute atomic E-state index is 0.362. The van der Waals surface area contributed by atoms with E-state index in [1.165, 1.54) is 0 Å². The van der Waals surface area contributed by atoms with Gasteiger partial charge in [-0.3, -0.25) is 4.90 Å². The van der Waals surface area contributed by atoms with Crippen molar-refractivity contribution in [2.45, 2.75) is 12.6 Å². The molecule has 0 bridgehead atoms. The molecule has 2 rings (SSSR count). The molecule has 0 amide bonds. The van der Waals surface area contributed by atoms with E-state index in [1.807, 2.05) is 24.3 Å². The average molecular weight is 272 g/mol. The second-order valence-corrected chi connectivity index (χ2v) is 4.64. The molecule has 0 radical (unpaired) electrons. The maximum absolute atomic E-state index is 10.5. The quantitative estimate of drug-likeness (QED) is 0.841. The molecule has 1 saturated heterocycles. The number of carboxylic acid groups (broad SMARTS) is 1. The smallest absolute Gasteiger partial charge is 0.328 e. The third kappa shape index (κ3) is 4.19. The number of benzene rings is 1. The molecule has 1 aliphatic rings. The first kappa shape index (κ1) is 14.3. The van der Waals surface area contributed by atoms with E-state index in [4.69, 9.17) is 15.1 Å². The first-order valence-corrected chi connectivity index (χ1v) is 6.41. The molecule has 104 valence electrons. The van der Waals surface area contributed by atoms with Crippen LogP contribution in [0.25, 0.3) is 6.08 Å². The van der Waals surface area contributed by atoms with Crippen molar-refractivity contribution in [3.05, 3.63) is 41.5 Å². The molecule has 0 saturated carbocycles. The van der Waals surface area contributed by atoms with Crippen molar-refractivity contribution in [2.24, 2.45) is 0 Å². The summed E-state index contributed by atoms with van der Waals surface area (Å²) in [4.78, 5) is 12.7. The number of hydrogen-bond acceptors (Lipinski definition) is 4. The molecular weight excluding hydrogens is 256 g/mol. The first-order chi connectivity index (χ1) is 9.67. The van der Waals surface area contributed by atoms with Gasteiger partial charge in [-0.15, -0.1) is 0 Å². The molecule has 1 atom stereocenters. The molecule has 20 heavy (non-hydrogen) atoms. The number of morpholine rings is 1. The van der Waals surface area contributed by atoms with Crippen LogP contribution in [-0.4, -0.2) is 41.8 Å². The summed E-state index contributed by atoms with van der Waals surface area (Å²) in [5, 5.41) is 17.5. The Morgan fingerprint density at radius 3 is 3.20 bits per heavy atom. The summed E-state index contributed by atoms with van der Waals surface area (Å²) >= 11 is 0. The zero-order valence-electron chi connectivity index (χ0n) is 11.0. The summed E-state index contributed by atoms with van der Waals surface area (Å²) in [5.74, 6) is -0.958. The van der Waals surface area contributed by atoms with Crippen molar-refractivity contribution in [1.29, 1.82) is 5.26 Å². The monoisotopic (exact) mass is 272 g/mol. The highest BCUT2D eigenvalue weighted by Crippen LogP contribution is 2.12. The van der Waals surface area contributed by atoms with Gasteiger partial charge >= 0.3 is 5.97 Å². The number of nitriles is 1. The number of carbonyl (C=O) groups is 1. The lowest BCUT2D eigenvalue weighted by atomic mass is 10.1. The highest BCUT2D eigenvalue weighted by atomic mass is 16.5. The number of rotatable bonds is 4. The Bertz CT molecular complexity index is 548. The van der Waals surface area contributed by atoms with Crippen molar-refractivity contribution < 1.29 is 14.6 Å². The number of aliphatic carboxylic acids is 1. The molecule has 5 heteroatoms. The van der Waals surface area contributed by atoms with Gasteiger partial charge in [-0.1, -0.05) is 24.3 Å². The van der Waals surface area contributed by atoms with Gasteiger partial charge in [0.2, 0.25) is 0 Å². The predicted molar refractivity (Wildman–Crippen MR) is 73.7 cm³/mol. The van der Waals surface area contributed by atoms with Crippen LogP contribution in [0.15, 0.2) is 30.3 Å². The summed E-state index contributed by atoms with van der Waals surface area (Å²) in [6.07, 6.45) is 2.34. The minimum atomic E-state index is -0.958. The summed E-state index contributed by atoms with van der Waals surface area (Å²) in [6.45, 7) is 2.70. The molecule has 1 aromatic rings. The number of hydrogen-bond donors (Lipinski definition) is 1. The molecule has 5 nitrogen and oxygen atoms in total. The summed E-state index contributed by atoms with van der Waals surface area (Å²) < 4.78 is 5.30. The van der Waals surface area contributed by atoms with Gasteiger partial charge in [-0.25, -0.2) is 4.79 Å². The van der Waals surface area contributed by atoms with Crippen LogP contribution in [0.3, 0.4) is 0 Å². The molecule has 1 fully saturated rings. The molecule has 0 aliphatic carbocycles. The number of carboxylic acids is 1. The van der Waals surface area contributed by atoms with Crippen LogP contribution >= 0.6 is 0 Å². The summed E-state index contributed by atoms with van der Waals surface area (Å²) in [6, 6.07) is 9.84. The van der Waals surface area contributed by atoms with Gasteiger partial charge in [0.15, 0.2) is 6.10 Å². The third-order valence-electron chi connectivity index (χ3n) is 3.07. The molecule has 1 N–H and O–H groups in total. The van der Waals surface area contributed by atoms with Crippen molar-refractivity contribution in [3.63, 3.8) is 0 Å². The molecule has 1 aliphatic heterocycles. The van der Waals surface area contributed by atoms with Crippen LogP contribution in [0, 0.1) is 11.3 Å². The lowest BCUT2D eigenvalue weighted by Crippen LogP contribution is -2.41. The van der Waals surface area contributed by atoms with E-state index in [9.17, 15) is 4.79 Å². The third-order valence-corrected chi connectivity index (χ3v) is 3.07. The van der Waals surface area contributed by atoms with E-state index in [1.54, 1.807) is 6.08 Å². The van der Waals surface area contributed by atoms with Crippen molar-refractivity contribution >= 4 is 12.0 Å². The molecule has 0 spiro atoms. The van der Waals surface area contributed by atoms with E-state index in [2.05, 4.69) is 11.0 Å². The predicted octanol–water partition coefficient (Wildman–Crippen LogP) is 1.51. The molecule has 1 aromatic carbocycles. The largest absolute Gasteiger partial charge is 0.478 e. The van der Waals surface area contributed by atoms with Crippen molar-refractivity contribution in [2.75, 3.05) is 19.7 Å². The standard InChI is InChI=1S/C15H16N2O3/c16-9-14-11-17(6-7-20-14)10-13-3-1-2-12(8-13)4-5-15(18)19/h1-5,8,14H,6-7,10-11H2,(H,18,19). The van der Waals surface area contributed by atoms with Crippen molar-refractivity contribution in [1.82, 2.24) is 4.90 Å². The SMILES string of the molecule is N#CC1CN(Cc2cccc(C=CC(=O)O)c2)CCO1. The Morgan fingerprint density at radius 1 is 1.60 bits per heavy atom. The van der Waals surface area contributed by atoms with Crippen molar-refractivity contribution in [3.8, 4) is 6.07 Å². The van der Waals surface area contributed by atoms with E-state index in [0.717, 1.165) is 30.3 Å². The lowest BCUT2D eigenvalue weighted by molar-refractivity contribution is -0.131. The van der Waals surface area contributed by atoms with Gasteiger partial charge in [-0.05, 0) is 17.2 Å². The van der Waals surface area contributed by atoms with E-state index < -0.39 is 5.97 Å². The van der Waals surface area contributed by atoms with Gasteiger partial charge in [0, 0.05) is 25.7 Å². The maximum atomic E-state index is 10.5. The number of nitrogens with zero attached hydrogens (tertiary/aromatic N) is 2. The second-order valence-electron chi connectivity index (χ2n) is 4.64. The minimum Gasteiger partial charge on any atom is -0.478 e. The van der Waals surface area contributed by atoms with Gasteiger partial charge in [0.25, 0.3) is 0 Å². The molecule has 0 aromatic heterocycles. The second kappa shape index (κ2) is 6.85. The fraction of sp³-hybridized carbons (Fsp3) is 0.333. The van der Waals surface area contributed by atoms with Crippen LogP contribution < -0.4 is 0 Å². The van der Waals surface area contributed by atoms with Crippen LogP contribution in [0.2, 0.25) is 0 Å². The molecular formula is C15H16N2O3. The van der Waals surface area contributed by atoms with Gasteiger partial charge < -0.3 is 9.84 Å². The fourth-order valence-electron chi connectivity index (χ4n) is 2.15. The van der Waals surface area contributed by atoms with Crippen LogP contribution in [-0.2, 0) is 16.1 Å². The zero-order valence-corrected chi connectivity index (χ0v) is 11.0. The molecule has 1 unspecified atom stereocenters. The van der Waals surface area contributed by atoms with Crippen LogP contribution in [0.5, 0.6) is 0 Å². The molecule has 1 heterocycles. The van der Waals surface area contributed by atoms with Gasteiger partial charge in [0.1, 0.15) is 0 Å². The van der Waals surface area contributed by atoms with E-state index >= 15 is 0 Å². The topological polar surface area (TPSA) is 73.6 Å². The fourth-order valence-corrected chi connectivity index (χ4v) is 2.15. The lowest BCUT2D eigenvalue weighted by Gasteiger charge is -2.29. The van der Waals surface area contributed by atoms with E-state index in [0.29, 0.717) is 13.2 Å². The average Bonchev–Trinajstić information content (AvgIpc) is 2.46. The zero-order chi connectivity index (χ0) is 14.4. The Morgan fingerprint density at radius 2 is 2.45 bits per heavy atom. The summed E-state index contributed by atoms with van der Waals surface area (Å²) in [7, 11) is 0. The Balaban J connectivity index is 2.01. The normalized spacial score (nSPS) is 19.9. The van der Waals surface area contributed by atoms with Crippen LogP contribution in [0.4, 0.5) is 0 Å². The Labute approximate surface area is 117 Å². The Kier molecular flexibility index (Phi) is 4.88. The van der Waals surface area contributed by atoms with Gasteiger partial charge in [-0.2, -0.15) is 5.26 Å². The van der Waals surface area contributed by atoms with Crippen LogP contribution in [0.1, 0.15) is 11.1 Å². The summed E-state index contributed by atoms with van der Waals surface area (Å²) in [5.41, 5.74) is 1.95. The van der Waals surface area contributed by atoms with Gasteiger partial charge in [0.05, 0.1) is 12.7 Å². The highest BCUT2D eigenvalue weighted by Gasteiger charge is 2.19. The highest BCUT2D eigenvalue weighted by molar-refractivity contribution is 5.85. The maximum Gasteiger partial charge on any atom is 0.328 e. The van der Waals surface area contributed by atoms with E-state index in [-0.39, 0.29) is 6.10 Å². The number of ether oxygens (including phenoxy) is 1. The first-order valence-electron chi connectivity index (χ1n) is 6.41. The Hall–Kier alpha value is -2.16.